The smallest absolute Gasteiger partial charge is 0.141 e. The molecule has 0 atom stereocenters. The molecule has 2 aromatic rings. The van der Waals surface area contributed by atoms with Crippen LogP contribution in [-0.2, 0) is 5.33 Å². The second-order valence-electron chi connectivity index (χ2n) is 2.63. The Morgan fingerprint density at radius 3 is 2.85 bits per heavy atom. The average molecular weight is 263 g/mol. The van der Waals surface area contributed by atoms with Crippen molar-refractivity contribution in [2.75, 3.05) is 0 Å². The summed E-state index contributed by atoms with van der Waals surface area (Å²) in [5.41, 5.74) is 0.364. The minimum atomic E-state index is -0.346. The van der Waals surface area contributed by atoms with Crippen LogP contribution >= 0.6 is 27.3 Å². The number of hydrogen-bond acceptors (Lipinski definition) is 1. The molecule has 68 valence electrons. The third-order valence-corrected chi connectivity index (χ3v) is 3.37. The van der Waals surface area contributed by atoms with E-state index in [1.54, 1.807) is 11.4 Å². The number of fused-ring (bicyclic) bond motifs is 1. The van der Waals surface area contributed by atoms with Gasteiger partial charge in [-0.3, -0.25) is 0 Å². The maximum Gasteiger partial charge on any atom is 0.141 e. The standard InChI is InChI=1S/C9H5BrF2S/c10-4-5-3-7(11)9-6(8(5)12)1-2-13-9/h1-3H,4H2. The van der Waals surface area contributed by atoms with Crippen molar-refractivity contribution < 1.29 is 8.78 Å². The van der Waals surface area contributed by atoms with Crippen molar-refractivity contribution in [3.63, 3.8) is 0 Å². The summed E-state index contributed by atoms with van der Waals surface area (Å²) in [6.45, 7) is 0. The number of hydrogen-bond donors (Lipinski definition) is 0. The van der Waals surface area contributed by atoms with Crippen LogP contribution in [0.5, 0.6) is 0 Å². The van der Waals surface area contributed by atoms with Gasteiger partial charge in [0, 0.05) is 16.3 Å². The lowest BCUT2D eigenvalue weighted by Crippen LogP contribution is -1.88. The van der Waals surface area contributed by atoms with Crippen molar-refractivity contribution in [1.29, 1.82) is 0 Å². The van der Waals surface area contributed by atoms with Crippen molar-refractivity contribution in [2.45, 2.75) is 5.33 Å². The molecule has 0 spiro atoms. The largest absolute Gasteiger partial charge is 0.206 e. The summed E-state index contributed by atoms with van der Waals surface area (Å²) in [6, 6.07) is 2.84. The molecular weight excluding hydrogens is 258 g/mol. The maximum atomic E-state index is 13.5. The van der Waals surface area contributed by atoms with E-state index in [9.17, 15) is 8.78 Å². The molecule has 0 N–H and O–H groups in total. The Morgan fingerprint density at radius 1 is 1.38 bits per heavy atom. The van der Waals surface area contributed by atoms with Crippen LogP contribution in [0.2, 0.25) is 0 Å². The van der Waals surface area contributed by atoms with E-state index in [4.69, 9.17) is 0 Å². The number of thiophene rings is 1. The summed E-state index contributed by atoms with van der Waals surface area (Å²) in [7, 11) is 0. The number of alkyl halides is 1. The first-order valence-corrected chi connectivity index (χ1v) is 5.64. The van der Waals surface area contributed by atoms with Crippen molar-refractivity contribution >= 4 is 37.4 Å². The van der Waals surface area contributed by atoms with Crippen LogP contribution in [0.25, 0.3) is 10.1 Å². The molecule has 0 fully saturated rings. The van der Waals surface area contributed by atoms with E-state index < -0.39 is 0 Å². The lowest BCUT2D eigenvalue weighted by atomic mass is 10.1. The molecule has 0 nitrogen and oxygen atoms in total. The second kappa shape index (κ2) is 3.35. The minimum Gasteiger partial charge on any atom is -0.206 e. The van der Waals surface area contributed by atoms with Gasteiger partial charge in [0.25, 0.3) is 0 Å². The third kappa shape index (κ3) is 1.38. The van der Waals surface area contributed by atoms with Gasteiger partial charge in [-0.05, 0) is 17.5 Å². The first kappa shape index (κ1) is 9.09. The SMILES string of the molecule is Fc1c(CBr)cc(F)c2sccc12. The monoisotopic (exact) mass is 262 g/mol. The van der Waals surface area contributed by atoms with E-state index >= 15 is 0 Å². The van der Waals surface area contributed by atoms with Gasteiger partial charge in [0.1, 0.15) is 11.6 Å². The van der Waals surface area contributed by atoms with Crippen LogP contribution in [0, 0.1) is 11.6 Å². The highest BCUT2D eigenvalue weighted by Crippen LogP contribution is 2.29. The van der Waals surface area contributed by atoms with Gasteiger partial charge >= 0.3 is 0 Å². The summed E-state index contributed by atoms with van der Waals surface area (Å²) in [4.78, 5) is 0. The number of halogens is 3. The van der Waals surface area contributed by atoms with E-state index in [1.807, 2.05) is 0 Å². The molecule has 0 amide bonds. The second-order valence-corrected chi connectivity index (χ2v) is 4.11. The molecule has 0 bridgehead atoms. The van der Waals surface area contributed by atoms with Gasteiger partial charge in [0.05, 0.1) is 4.70 Å². The predicted molar refractivity (Wildman–Crippen MR) is 54.4 cm³/mol. The fraction of sp³-hybridized carbons (Fsp3) is 0.111. The highest BCUT2D eigenvalue weighted by atomic mass is 79.9. The van der Waals surface area contributed by atoms with Gasteiger partial charge in [-0.2, -0.15) is 0 Å². The summed E-state index contributed by atoms with van der Waals surface area (Å²) >= 11 is 4.33. The minimum absolute atomic E-state index is 0.325. The van der Waals surface area contributed by atoms with Gasteiger partial charge in [0.15, 0.2) is 0 Å². The first-order chi connectivity index (χ1) is 6.24. The van der Waals surface area contributed by atoms with Crippen molar-refractivity contribution in [1.82, 2.24) is 0 Å². The fourth-order valence-electron chi connectivity index (χ4n) is 1.22. The highest BCUT2D eigenvalue weighted by Gasteiger charge is 2.11. The molecular formula is C9H5BrF2S. The molecule has 1 aromatic heterocycles. The van der Waals surface area contributed by atoms with Gasteiger partial charge < -0.3 is 0 Å². The van der Waals surface area contributed by atoms with Crippen LogP contribution in [0.15, 0.2) is 17.5 Å². The van der Waals surface area contributed by atoms with Crippen molar-refractivity contribution in [3.05, 3.63) is 34.7 Å². The molecule has 13 heavy (non-hydrogen) atoms. The van der Waals surface area contributed by atoms with E-state index in [0.717, 1.165) is 0 Å². The highest BCUT2D eigenvalue weighted by molar-refractivity contribution is 9.08. The van der Waals surface area contributed by atoms with Crippen molar-refractivity contribution in [2.24, 2.45) is 0 Å². The molecule has 0 aliphatic rings. The Kier molecular flexibility index (Phi) is 2.34. The van der Waals surface area contributed by atoms with Gasteiger partial charge in [0.2, 0.25) is 0 Å². The number of rotatable bonds is 1. The Labute approximate surface area is 86.3 Å². The van der Waals surface area contributed by atoms with Gasteiger partial charge in [-0.1, -0.05) is 15.9 Å². The quantitative estimate of drug-likeness (QED) is 0.680. The molecule has 0 saturated carbocycles. The fourth-order valence-corrected chi connectivity index (χ4v) is 2.42. The molecule has 4 heteroatoms. The van der Waals surface area contributed by atoms with Crippen LogP contribution in [0.4, 0.5) is 8.78 Å². The molecule has 1 heterocycles. The molecule has 0 radical (unpaired) electrons. The lowest BCUT2D eigenvalue weighted by molar-refractivity contribution is 0.610. The van der Waals surface area contributed by atoms with Crippen LogP contribution in [0.1, 0.15) is 5.56 Å². The molecule has 0 unspecified atom stereocenters. The zero-order valence-corrected chi connectivity index (χ0v) is 8.88. The van der Waals surface area contributed by atoms with Crippen LogP contribution in [-0.4, -0.2) is 0 Å². The van der Waals surface area contributed by atoms with Crippen LogP contribution in [0.3, 0.4) is 0 Å². The number of benzene rings is 1. The Hall–Kier alpha value is -0.480. The zero-order chi connectivity index (χ0) is 9.42. The van der Waals surface area contributed by atoms with E-state index in [2.05, 4.69) is 15.9 Å². The Bertz CT molecular complexity index is 450. The Balaban J connectivity index is 2.85. The lowest BCUT2D eigenvalue weighted by Gasteiger charge is -2.00. The molecule has 2 rings (SSSR count). The molecule has 0 aliphatic heterocycles. The summed E-state index contributed by atoms with van der Waals surface area (Å²) < 4.78 is 27.2. The first-order valence-electron chi connectivity index (χ1n) is 3.64. The van der Waals surface area contributed by atoms with Gasteiger partial charge in [-0.25, -0.2) is 8.78 Å². The average Bonchev–Trinajstić information content (AvgIpc) is 2.60. The Morgan fingerprint density at radius 2 is 2.15 bits per heavy atom. The predicted octanol–water partition coefficient (Wildman–Crippen LogP) is 4.07. The summed E-state index contributed by atoms with van der Waals surface area (Å²) in [5, 5.41) is 2.40. The topological polar surface area (TPSA) is 0 Å². The van der Waals surface area contributed by atoms with E-state index in [-0.39, 0.29) is 11.6 Å². The zero-order valence-electron chi connectivity index (χ0n) is 6.48. The molecule has 1 aromatic carbocycles. The van der Waals surface area contributed by atoms with Gasteiger partial charge in [-0.15, -0.1) is 11.3 Å². The summed E-state index contributed by atoms with van der Waals surface area (Å²) in [6.07, 6.45) is 0. The van der Waals surface area contributed by atoms with Crippen molar-refractivity contribution in [3.8, 4) is 0 Å². The van der Waals surface area contributed by atoms with E-state index in [0.29, 0.717) is 21.0 Å². The van der Waals surface area contributed by atoms with Crippen LogP contribution < -0.4 is 0 Å². The maximum absolute atomic E-state index is 13.5. The molecule has 0 saturated heterocycles. The van der Waals surface area contributed by atoms with E-state index in [1.165, 1.54) is 17.4 Å². The third-order valence-electron chi connectivity index (χ3n) is 1.85. The normalized spacial score (nSPS) is 11.0. The summed E-state index contributed by atoms with van der Waals surface area (Å²) in [5.74, 6) is -0.671. The molecule has 0 aliphatic carbocycles.